The lowest BCUT2D eigenvalue weighted by Crippen LogP contribution is -2.26. The molecule has 0 spiro atoms. The number of hydrogen-bond donors (Lipinski definition) is 1. The summed E-state index contributed by atoms with van der Waals surface area (Å²) in [5.41, 5.74) is 1.78. The van der Waals surface area contributed by atoms with Crippen molar-refractivity contribution in [3.05, 3.63) is 41.9 Å². The van der Waals surface area contributed by atoms with Crippen molar-refractivity contribution in [2.24, 2.45) is 0 Å². The normalized spacial score (nSPS) is 11.8. The molecule has 3 rings (SSSR count). The van der Waals surface area contributed by atoms with E-state index in [4.69, 9.17) is 0 Å². The van der Waals surface area contributed by atoms with Crippen molar-refractivity contribution in [2.75, 3.05) is 5.32 Å². The van der Waals surface area contributed by atoms with Gasteiger partial charge < -0.3 is 5.32 Å². The van der Waals surface area contributed by atoms with Gasteiger partial charge in [-0.05, 0) is 39.8 Å². The van der Waals surface area contributed by atoms with Gasteiger partial charge in [0.05, 0.1) is 23.0 Å². The molecule has 3 aromatic heterocycles. The zero-order valence-corrected chi connectivity index (χ0v) is 13.0. The molecule has 0 bridgehead atoms. The molecule has 1 N–H and O–H groups in total. The summed E-state index contributed by atoms with van der Waals surface area (Å²) in [6, 6.07) is 5.44. The molecular weight excluding hydrogens is 280 g/mol. The maximum absolute atomic E-state index is 12.5. The van der Waals surface area contributed by atoms with Crippen LogP contribution in [0.2, 0.25) is 0 Å². The van der Waals surface area contributed by atoms with Gasteiger partial charge in [-0.25, -0.2) is 4.68 Å². The molecule has 0 saturated carbocycles. The Kier molecular flexibility index (Phi) is 3.20. The third-order valence-corrected chi connectivity index (χ3v) is 3.26. The number of nitrogens with zero attached hydrogens (tertiary/aromatic N) is 5. The molecule has 3 heterocycles. The molecule has 7 heteroatoms. The predicted octanol–water partition coefficient (Wildman–Crippen LogP) is 2.24. The number of amides is 1. The zero-order chi connectivity index (χ0) is 15.9. The Morgan fingerprint density at radius 3 is 2.77 bits per heavy atom. The summed E-state index contributed by atoms with van der Waals surface area (Å²) in [5, 5.41) is 15.5. The van der Waals surface area contributed by atoms with Gasteiger partial charge in [-0.3, -0.25) is 4.79 Å². The lowest BCUT2D eigenvalue weighted by Gasteiger charge is -2.22. The molecule has 0 radical (unpaired) electrons. The highest BCUT2D eigenvalue weighted by Gasteiger charge is 2.21. The van der Waals surface area contributed by atoms with Crippen LogP contribution in [-0.2, 0) is 5.54 Å². The Hall–Kier alpha value is -2.70. The average Bonchev–Trinajstić information content (AvgIpc) is 3.01. The standard InChI is InChI=1S/C15H18N6O/c1-10-8-13(20(19-10)15(2,3)4)18-14(22)11-9-17-21-12(11)6-5-7-16-21/h5-9H,1-4H3,(H,18,22). The molecule has 114 valence electrons. The number of rotatable bonds is 2. The smallest absolute Gasteiger partial charge is 0.260 e. The number of fused-ring (bicyclic) bond motifs is 1. The molecule has 0 aliphatic heterocycles. The van der Waals surface area contributed by atoms with Crippen molar-refractivity contribution < 1.29 is 4.79 Å². The van der Waals surface area contributed by atoms with Gasteiger partial charge in [0.15, 0.2) is 0 Å². The first-order chi connectivity index (χ1) is 10.4. The van der Waals surface area contributed by atoms with Gasteiger partial charge in [0.2, 0.25) is 0 Å². The van der Waals surface area contributed by atoms with E-state index in [0.29, 0.717) is 16.9 Å². The van der Waals surface area contributed by atoms with E-state index >= 15 is 0 Å². The molecule has 7 nitrogen and oxygen atoms in total. The Labute approximate surface area is 127 Å². The number of aromatic nitrogens is 5. The summed E-state index contributed by atoms with van der Waals surface area (Å²) < 4.78 is 3.24. The summed E-state index contributed by atoms with van der Waals surface area (Å²) >= 11 is 0. The van der Waals surface area contributed by atoms with E-state index in [1.165, 1.54) is 10.8 Å². The van der Waals surface area contributed by atoms with E-state index in [1.54, 1.807) is 18.3 Å². The van der Waals surface area contributed by atoms with Crippen LogP contribution >= 0.6 is 0 Å². The summed E-state index contributed by atoms with van der Waals surface area (Å²) in [6.45, 7) is 8.01. The van der Waals surface area contributed by atoms with E-state index in [9.17, 15) is 4.79 Å². The summed E-state index contributed by atoms with van der Waals surface area (Å²) in [6.07, 6.45) is 3.14. The predicted molar refractivity (Wildman–Crippen MR) is 82.9 cm³/mol. The fourth-order valence-electron chi connectivity index (χ4n) is 2.29. The largest absolute Gasteiger partial charge is 0.307 e. The first kappa shape index (κ1) is 14.2. The van der Waals surface area contributed by atoms with Crippen molar-refractivity contribution in [3.63, 3.8) is 0 Å². The molecule has 0 fully saturated rings. The molecule has 0 aliphatic rings. The van der Waals surface area contributed by atoms with E-state index < -0.39 is 0 Å². The third-order valence-electron chi connectivity index (χ3n) is 3.26. The topological polar surface area (TPSA) is 77.1 Å². The first-order valence-corrected chi connectivity index (χ1v) is 7.04. The van der Waals surface area contributed by atoms with Crippen molar-refractivity contribution >= 4 is 17.2 Å². The highest BCUT2D eigenvalue weighted by atomic mass is 16.1. The lowest BCUT2D eigenvalue weighted by atomic mass is 10.1. The summed E-state index contributed by atoms with van der Waals surface area (Å²) in [4.78, 5) is 12.5. The van der Waals surface area contributed by atoms with Gasteiger partial charge in [0, 0.05) is 12.3 Å². The van der Waals surface area contributed by atoms with E-state index in [1.807, 2.05) is 38.4 Å². The Balaban J connectivity index is 1.95. The summed E-state index contributed by atoms with van der Waals surface area (Å²) in [5.74, 6) is 0.437. The highest BCUT2D eigenvalue weighted by Crippen LogP contribution is 2.22. The maximum atomic E-state index is 12.5. The molecule has 0 aromatic carbocycles. The molecule has 22 heavy (non-hydrogen) atoms. The van der Waals surface area contributed by atoms with Crippen LogP contribution in [0.15, 0.2) is 30.6 Å². The Morgan fingerprint density at radius 2 is 2.05 bits per heavy atom. The van der Waals surface area contributed by atoms with Crippen LogP contribution in [-0.4, -0.2) is 30.5 Å². The monoisotopic (exact) mass is 298 g/mol. The number of aryl methyl sites for hydroxylation is 1. The highest BCUT2D eigenvalue weighted by molar-refractivity contribution is 6.08. The van der Waals surface area contributed by atoms with Crippen molar-refractivity contribution in [1.82, 2.24) is 24.6 Å². The Morgan fingerprint density at radius 1 is 1.27 bits per heavy atom. The minimum atomic E-state index is -0.228. The quantitative estimate of drug-likeness (QED) is 0.787. The van der Waals surface area contributed by atoms with E-state index in [-0.39, 0.29) is 11.4 Å². The third kappa shape index (κ3) is 2.45. The van der Waals surface area contributed by atoms with Crippen LogP contribution < -0.4 is 5.32 Å². The summed E-state index contributed by atoms with van der Waals surface area (Å²) in [7, 11) is 0. The van der Waals surface area contributed by atoms with Crippen LogP contribution in [0.1, 0.15) is 36.8 Å². The molecular formula is C15H18N6O. The van der Waals surface area contributed by atoms with Crippen molar-refractivity contribution in [3.8, 4) is 0 Å². The number of anilines is 1. The van der Waals surface area contributed by atoms with E-state index in [2.05, 4.69) is 20.6 Å². The zero-order valence-electron chi connectivity index (χ0n) is 13.0. The first-order valence-electron chi connectivity index (χ1n) is 7.04. The lowest BCUT2D eigenvalue weighted by molar-refractivity contribution is 0.102. The molecule has 0 unspecified atom stereocenters. The number of nitrogens with one attached hydrogen (secondary N) is 1. The molecule has 1 amide bonds. The van der Waals surface area contributed by atoms with Crippen LogP contribution in [0.5, 0.6) is 0 Å². The second kappa shape index (κ2) is 4.94. The maximum Gasteiger partial charge on any atom is 0.260 e. The van der Waals surface area contributed by atoms with Gasteiger partial charge in [0.25, 0.3) is 5.91 Å². The minimum absolute atomic E-state index is 0.223. The second-order valence-electron chi connectivity index (χ2n) is 6.16. The number of carbonyl (C=O) groups is 1. The van der Waals surface area contributed by atoms with E-state index in [0.717, 1.165) is 5.69 Å². The Bertz CT molecular complexity index is 839. The van der Waals surface area contributed by atoms with Gasteiger partial charge in [0.1, 0.15) is 11.3 Å². The molecule has 0 aliphatic carbocycles. The number of carbonyl (C=O) groups excluding carboxylic acids is 1. The van der Waals surface area contributed by atoms with Gasteiger partial charge >= 0.3 is 0 Å². The van der Waals surface area contributed by atoms with Crippen molar-refractivity contribution in [1.29, 1.82) is 0 Å². The van der Waals surface area contributed by atoms with Crippen LogP contribution in [0.4, 0.5) is 5.82 Å². The van der Waals surface area contributed by atoms with Gasteiger partial charge in [-0.2, -0.15) is 19.9 Å². The number of hydrogen-bond acceptors (Lipinski definition) is 4. The fraction of sp³-hybridized carbons (Fsp3) is 0.333. The SMILES string of the molecule is Cc1cc(NC(=O)c2cnn3ncccc23)n(C(C)(C)C)n1. The average molecular weight is 298 g/mol. The second-order valence-corrected chi connectivity index (χ2v) is 6.16. The molecule has 0 saturated heterocycles. The van der Waals surface area contributed by atoms with Crippen molar-refractivity contribution in [2.45, 2.75) is 33.2 Å². The van der Waals surface area contributed by atoms with Gasteiger partial charge in [-0.15, -0.1) is 0 Å². The van der Waals surface area contributed by atoms with Gasteiger partial charge in [-0.1, -0.05) is 0 Å². The minimum Gasteiger partial charge on any atom is -0.307 e. The molecule has 0 atom stereocenters. The molecule has 3 aromatic rings. The fourth-order valence-corrected chi connectivity index (χ4v) is 2.29. The van der Waals surface area contributed by atoms with Crippen LogP contribution in [0.25, 0.3) is 5.52 Å². The van der Waals surface area contributed by atoms with Crippen LogP contribution in [0, 0.1) is 6.92 Å². The van der Waals surface area contributed by atoms with Crippen LogP contribution in [0.3, 0.4) is 0 Å².